The standard InChI is InChI=1S/C19H17FN2O3S/c1-9-2-7-12-13(8-9)26-19-14(12)16(23)15(18(25)22-19)17(24)21-11-5-3-10(20)4-6-11/h3-6,9H,2,7-8H2,1H3,(H,21,24)(H2,22,23,25)/t9-/m1/s1. The van der Waals surface area contributed by atoms with Crippen molar-refractivity contribution in [2.45, 2.75) is 26.2 Å². The number of halogens is 1. The molecule has 3 aromatic rings. The molecule has 2 heterocycles. The fraction of sp³-hybridized carbons (Fsp3) is 0.263. The Kier molecular flexibility index (Phi) is 4.03. The minimum absolute atomic E-state index is 0.282. The van der Waals surface area contributed by atoms with E-state index in [0.29, 0.717) is 21.8 Å². The van der Waals surface area contributed by atoms with Gasteiger partial charge in [-0.1, -0.05) is 6.92 Å². The molecule has 0 aliphatic heterocycles. The van der Waals surface area contributed by atoms with Gasteiger partial charge in [-0.3, -0.25) is 9.59 Å². The Hall–Kier alpha value is -2.67. The number of thiophene rings is 1. The molecule has 0 radical (unpaired) electrons. The number of aryl methyl sites for hydroxylation is 1. The van der Waals surface area contributed by atoms with Gasteiger partial charge in [0.25, 0.3) is 11.5 Å². The zero-order chi connectivity index (χ0) is 18.4. The molecule has 0 saturated heterocycles. The molecule has 26 heavy (non-hydrogen) atoms. The summed E-state index contributed by atoms with van der Waals surface area (Å²) < 4.78 is 13.0. The van der Waals surface area contributed by atoms with Crippen LogP contribution in [0.5, 0.6) is 5.75 Å². The van der Waals surface area contributed by atoms with Crippen LogP contribution < -0.4 is 10.9 Å². The molecular weight excluding hydrogens is 355 g/mol. The van der Waals surface area contributed by atoms with Crippen molar-refractivity contribution >= 4 is 33.1 Å². The second-order valence-corrected chi connectivity index (χ2v) is 7.80. The van der Waals surface area contributed by atoms with Crippen LogP contribution in [0.1, 0.15) is 34.1 Å². The summed E-state index contributed by atoms with van der Waals surface area (Å²) in [6.07, 6.45) is 2.73. The molecule has 4 rings (SSSR count). The summed E-state index contributed by atoms with van der Waals surface area (Å²) in [7, 11) is 0. The summed E-state index contributed by atoms with van der Waals surface area (Å²) in [6, 6.07) is 5.20. The van der Waals surface area contributed by atoms with E-state index in [1.54, 1.807) is 0 Å². The van der Waals surface area contributed by atoms with Gasteiger partial charge < -0.3 is 15.4 Å². The van der Waals surface area contributed by atoms with Crippen LogP contribution in [0.3, 0.4) is 0 Å². The second kappa shape index (κ2) is 6.25. The summed E-state index contributed by atoms with van der Waals surface area (Å²) in [5.41, 5.74) is 0.409. The Labute approximate surface area is 152 Å². The number of aromatic nitrogens is 1. The third-order valence-corrected chi connectivity index (χ3v) is 5.94. The minimum atomic E-state index is -0.721. The van der Waals surface area contributed by atoms with E-state index in [4.69, 9.17) is 0 Å². The van der Waals surface area contributed by atoms with E-state index in [0.717, 1.165) is 29.7 Å². The van der Waals surface area contributed by atoms with Gasteiger partial charge >= 0.3 is 0 Å². The highest BCUT2D eigenvalue weighted by Crippen LogP contribution is 2.41. The number of anilines is 1. The molecular formula is C19H17FN2O3S. The summed E-state index contributed by atoms with van der Waals surface area (Å²) in [4.78, 5) is 29.4. The van der Waals surface area contributed by atoms with E-state index in [-0.39, 0.29) is 11.3 Å². The Morgan fingerprint density at radius 3 is 2.81 bits per heavy atom. The molecule has 0 saturated carbocycles. The number of carbonyl (C=O) groups is 1. The molecule has 1 aliphatic carbocycles. The molecule has 0 bridgehead atoms. The fourth-order valence-electron chi connectivity index (χ4n) is 3.42. The van der Waals surface area contributed by atoms with Crippen molar-refractivity contribution in [2.24, 2.45) is 5.92 Å². The number of fused-ring (bicyclic) bond motifs is 3. The third kappa shape index (κ3) is 2.78. The Morgan fingerprint density at radius 1 is 1.35 bits per heavy atom. The Morgan fingerprint density at radius 2 is 2.08 bits per heavy atom. The van der Waals surface area contributed by atoms with E-state index >= 15 is 0 Å². The van der Waals surface area contributed by atoms with Crippen LogP contribution in [0.4, 0.5) is 10.1 Å². The number of H-pyrrole nitrogens is 1. The van der Waals surface area contributed by atoms with E-state index in [1.165, 1.54) is 35.6 Å². The van der Waals surface area contributed by atoms with E-state index < -0.39 is 17.3 Å². The van der Waals surface area contributed by atoms with Crippen molar-refractivity contribution in [3.05, 3.63) is 56.4 Å². The van der Waals surface area contributed by atoms with Crippen LogP contribution in [-0.2, 0) is 12.8 Å². The lowest BCUT2D eigenvalue weighted by Crippen LogP contribution is -2.23. The monoisotopic (exact) mass is 372 g/mol. The van der Waals surface area contributed by atoms with Crippen molar-refractivity contribution in [3.8, 4) is 5.75 Å². The average Bonchev–Trinajstić information content (AvgIpc) is 2.94. The van der Waals surface area contributed by atoms with Gasteiger partial charge in [-0.25, -0.2) is 4.39 Å². The van der Waals surface area contributed by atoms with Crippen LogP contribution in [0, 0.1) is 11.7 Å². The number of aromatic hydroxyl groups is 1. The Balaban J connectivity index is 1.78. The number of carbonyl (C=O) groups excluding carboxylic acids is 1. The fourth-order valence-corrected chi connectivity index (χ4v) is 4.83. The molecule has 1 aromatic carbocycles. The zero-order valence-electron chi connectivity index (χ0n) is 14.1. The van der Waals surface area contributed by atoms with Gasteiger partial charge in [0.1, 0.15) is 22.0 Å². The number of nitrogens with one attached hydrogen (secondary N) is 2. The number of pyridine rings is 1. The van der Waals surface area contributed by atoms with Gasteiger partial charge in [-0.05, 0) is 55.0 Å². The van der Waals surface area contributed by atoms with Gasteiger partial charge in [0, 0.05) is 10.6 Å². The van der Waals surface area contributed by atoms with Crippen LogP contribution in [0.2, 0.25) is 0 Å². The Bertz CT molecular complexity index is 1070. The number of hydrogen-bond donors (Lipinski definition) is 3. The maximum absolute atomic E-state index is 13.0. The lowest BCUT2D eigenvalue weighted by atomic mass is 9.89. The topological polar surface area (TPSA) is 82.2 Å². The van der Waals surface area contributed by atoms with Gasteiger partial charge in [0.15, 0.2) is 0 Å². The average molecular weight is 372 g/mol. The summed E-state index contributed by atoms with van der Waals surface area (Å²) in [5, 5.41) is 13.8. The number of benzene rings is 1. The van der Waals surface area contributed by atoms with E-state index in [9.17, 15) is 19.1 Å². The summed E-state index contributed by atoms with van der Waals surface area (Å²) in [6.45, 7) is 2.18. The quantitative estimate of drug-likeness (QED) is 0.640. The first kappa shape index (κ1) is 16.8. The highest BCUT2D eigenvalue weighted by atomic mass is 32.1. The number of hydrogen-bond acceptors (Lipinski definition) is 4. The molecule has 0 spiro atoms. The molecule has 1 atom stereocenters. The minimum Gasteiger partial charge on any atom is -0.506 e. The molecule has 0 fully saturated rings. The van der Waals surface area contributed by atoms with Crippen molar-refractivity contribution in [1.82, 2.24) is 4.98 Å². The van der Waals surface area contributed by atoms with Crippen molar-refractivity contribution in [2.75, 3.05) is 5.32 Å². The highest BCUT2D eigenvalue weighted by molar-refractivity contribution is 7.18. The van der Waals surface area contributed by atoms with Crippen LogP contribution in [0.15, 0.2) is 29.1 Å². The predicted molar refractivity (Wildman–Crippen MR) is 99.7 cm³/mol. The molecule has 1 aliphatic rings. The van der Waals surface area contributed by atoms with Crippen LogP contribution in [0.25, 0.3) is 10.2 Å². The van der Waals surface area contributed by atoms with Crippen LogP contribution >= 0.6 is 11.3 Å². The molecule has 3 N–H and O–H groups in total. The zero-order valence-corrected chi connectivity index (χ0v) is 14.9. The molecule has 7 heteroatoms. The number of rotatable bonds is 2. The lowest BCUT2D eigenvalue weighted by molar-refractivity contribution is 0.102. The summed E-state index contributed by atoms with van der Waals surface area (Å²) >= 11 is 1.47. The predicted octanol–water partition coefficient (Wildman–Crippen LogP) is 3.81. The van der Waals surface area contributed by atoms with Crippen molar-refractivity contribution in [3.63, 3.8) is 0 Å². The largest absolute Gasteiger partial charge is 0.506 e. The maximum Gasteiger partial charge on any atom is 0.265 e. The first-order valence-corrected chi connectivity index (χ1v) is 9.22. The maximum atomic E-state index is 13.0. The molecule has 5 nitrogen and oxygen atoms in total. The normalized spacial score (nSPS) is 16.5. The molecule has 0 unspecified atom stereocenters. The van der Waals surface area contributed by atoms with E-state index in [2.05, 4.69) is 17.2 Å². The molecule has 1 amide bonds. The van der Waals surface area contributed by atoms with Gasteiger partial charge in [0.2, 0.25) is 0 Å². The van der Waals surface area contributed by atoms with Gasteiger partial charge in [-0.15, -0.1) is 11.3 Å². The van der Waals surface area contributed by atoms with E-state index in [1.807, 2.05) is 0 Å². The van der Waals surface area contributed by atoms with Gasteiger partial charge in [0.05, 0.1) is 5.39 Å². The smallest absolute Gasteiger partial charge is 0.265 e. The summed E-state index contributed by atoms with van der Waals surface area (Å²) in [5.74, 6) is -0.869. The molecule has 134 valence electrons. The van der Waals surface area contributed by atoms with Crippen LogP contribution in [-0.4, -0.2) is 16.0 Å². The molecule has 2 aromatic heterocycles. The van der Waals surface area contributed by atoms with Crippen molar-refractivity contribution in [1.29, 1.82) is 0 Å². The highest BCUT2D eigenvalue weighted by Gasteiger charge is 2.27. The number of aromatic amines is 1. The third-order valence-electron chi connectivity index (χ3n) is 4.77. The SMILES string of the molecule is C[C@@H]1CCc2c(sc3[nH]c(=O)c(C(=O)Nc4ccc(F)cc4)c(O)c23)C1. The lowest BCUT2D eigenvalue weighted by Gasteiger charge is -2.18. The van der Waals surface area contributed by atoms with Gasteiger partial charge in [-0.2, -0.15) is 0 Å². The first-order chi connectivity index (χ1) is 12.4. The number of amides is 1. The second-order valence-electron chi connectivity index (χ2n) is 6.69. The first-order valence-electron chi connectivity index (χ1n) is 8.40. The van der Waals surface area contributed by atoms with Crippen molar-refractivity contribution < 1.29 is 14.3 Å².